The van der Waals surface area contributed by atoms with Gasteiger partial charge in [0.25, 0.3) is 5.91 Å². The van der Waals surface area contributed by atoms with Crippen molar-refractivity contribution >= 4 is 11.9 Å². The minimum Gasteiger partial charge on any atom is -0.484 e. The summed E-state index contributed by atoms with van der Waals surface area (Å²) in [5, 5.41) is 9.97. The molecule has 0 radical (unpaired) electrons. The molecule has 0 aliphatic carbocycles. The zero-order chi connectivity index (χ0) is 12.1. The van der Waals surface area contributed by atoms with E-state index in [1.165, 1.54) is 6.33 Å². The molecule has 2 aromatic rings. The maximum absolute atomic E-state index is 11.5. The van der Waals surface area contributed by atoms with Gasteiger partial charge < -0.3 is 9.30 Å². The standard InChI is InChI=1S/C11H12N4O2/c1-15-8-12-14-11(15)13-10(16)7-17-9-5-3-2-4-6-9/h2-6,8H,7H2,1H3,(H,13,14,16). The first-order valence-electron chi connectivity index (χ1n) is 5.07. The van der Waals surface area contributed by atoms with Gasteiger partial charge in [0, 0.05) is 7.05 Å². The summed E-state index contributed by atoms with van der Waals surface area (Å²) < 4.78 is 6.90. The number of hydrogen-bond donors (Lipinski definition) is 1. The third kappa shape index (κ3) is 3.04. The lowest BCUT2D eigenvalue weighted by atomic mass is 10.3. The molecular weight excluding hydrogens is 220 g/mol. The average molecular weight is 232 g/mol. The molecule has 1 N–H and O–H groups in total. The fraction of sp³-hybridized carbons (Fsp3) is 0.182. The number of nitrogens with zero attached hydrogens (tertiary/aromatic N) is 3. The van der Waals surface area contributed by atoms with Crippen LogP contribution < -0.4 is 10.1 Å². The number of anilines is 1. The SMILES string of the molecule is Cn1cnnc1NC(=O)COc1ccccc1. The molecule has 1 aromatic heterocycles. The summed E-state index contributed by atoms with van der Waals surface area (Å²) in [4.78, 5) is 11.5. The van der Waals surface area contributed by atoms with Crippen LogP contribution in [0, 0.1) is 0 Å². The summed E-state index contributed by atoms with van der Waals surface area (Å²) in [7, 11) is 1.74. The zero-order valence-electron chi connectivity index (χ0n) is 9.33. The molecule has 0 bridgehead atoms. The van der Waals surface area contributed by atoms with Crippen LogP contribution in [0.15, 0.2) is 36.7 Å². The molecule has 88 valence electrons. The van der Waals surface area contributed by atoms with E-state index in [-0.39, 0.29) is 12.5 Å². The second-order valence-corrected chi connectivity index (χ2v) is 3.42. The van der Waals surface area contributed by atoms with E-state index in [4.69, 9.17) is 4.74 Å². The van der Waals surface area contributed by atoms with Crippen molar-refractivity contribution in [2.45, 2.75) is 0 Å². The smallest absolute Gasteiger partial charge is 0.264 e. The third-order valence-electron chi connectivity index (χ3n) is 2.08. The lowest BCUT2D eigenvalue weighted by Gasteiger charge is -2.06. The summed E-state index contributed by atoms with van der Waals surface area (Å²) in [6, 6.07) is 9.14. The summed E-state index contributed by atoms with van der Waals surface area (Å²) in [6.07, 6.45) is 1.51. The number of benzene rings is 1. The van der Waals surface area contributed by atoms with Gasteiger partial charge in [0.2, 0.25) is 5.95 Å². The van der Waals surface area contributed by atoms with E-state index in [0.717, 1.165) is 0 Å². The Labute approximate surface area is 98.2 Å². The number of amides is 1. The highest BCUT2D eigenvalue weighted by Gasteiger charge is 2.07. The molecule has 0 aliphatic heterocycles. The maximum Gasteiger partial charge on any atom is 0.264 e. The minimum absolute atomic E-state index is 0.0587. The first kappa shape index (κ1) is 11.1. The first-order chi connectivity index (χ1) is 8.25. The lowest BCUT2D eigenvalue weighted by molar-refractivity contribution is -0.118. The maximum atomic E-state index is 11.5. The van der Waals surface area contributed by atoms with Gasteiger partial charge in [-0.3, -0.25) is 10.1 Å². The molecule has 0 fully saturated rings. The summed E-state index contributed by atoms with van der Waals surface area (Å²) >= 11 is 0. The topological polar surface area (TPSA) is 69.0 Å². The fourth-order valence-electron chi connectivity index (χ4n) is 1.22. The van der Waals surface area contributed by atoms with Gasteiger partial charge in [-0.25, -0.2) is 0 Å². The predicted molar refractivity (Wildman–Crippen MR) is 61.6 cm³/mol. The Hall–Kier alpha value is -2.37. The van der Waals surface area contributed by atoms with E-state index in [1.54, 1.807) is 23.7 Å². The van der Waals surface area contributed by atoms with Crippen LogP contribution in [0.2, 0.25) is 0 Å². The fourth-order valence-corrected chi connectivity index (χ4v) is 1.22. The van der Waals surface area contributed by atoms with Crippen molar-refractivity contribution in [1.29, 1.82) is 0 Å². The predicted octanol–water partition coefficient (Wildman–Crippen LogP) is 0.833. The Bertz CT molecular complexity index is 495. The van der Waals surface area contributed by atoms with Crippen LogP contribution in [-0.2, 0) is 11.8 Å². The van der Waals surface area contributed by atoms with Crippen LogP contribution in [0.3, 0.4) is 0 Å². The van der Waals surface area contributed by atoms with Crippen LogP contribution in [0.4, 0.5) is 5.95 Å². The van der Waals surface area contributed by atoms with Gasteiger partial charge >= 0.3 is 0 Å². The second-order valence-electron chi connectivity index (χ2n) is 3.42. The Morgan fingerprint density at radius 2 is 2.18 bits per heavy atom. The van der Waals surface area contributed by atoms with Crippen molar-refractivity contribution in [2.24, 2.45) is 7.05 Å². The van der Waals surface area contributed by atoms with Crippen LogP contribution >= 0.6 is 0 Å². The number of carbonyl (C=O) groups is 1. The molecule has 1 amide bonds. The number of para-hydroxylation sites is 1. The van der Waals surface area contributed by atoms with Crippen LogP contribution in [0.25, 0.3) is 0 Å². The van der Waals surface area contributed by atoms with Gasteiger partial charge in [0.1, 0.15) is 12.1 Å². The monoisotopic (exact) mass is 232 g/mol. The highest BCUT2D eigenvalue weighted by atomic mass is 16.5. The van der Waals surface area contributed by atoms with E-state index >= 15 is 0 Å². The summed E-state index contributed by atoms with van der Waals surface area (Å²) in [5.74, 6) is 0.775. The Morgan fingerprint density at radius 1 is 1.41 bits per heavy atom. The normalized spacial score (nSPS) is 9.94. The van der Waals surface area contributed by atoms with Gasteiger partial charge in [0.05, 0.1) is 0 Å². The molecule has 2 rings (SSSR count). The highest BCUT2D eigenvalue weighted by molar-refractivity contribution is 5.90. The van der Waals surface area contributed by atoms with Gasteiger partial charge in [-0.1, -0.05) is 18.2 Å². The van der Waals surface area contributed by atoms with Gasteiger partial charge in [-0.05, 0) is 12.1 Å². The van der Waals surface area contributed by atoms with Crippen LogP contribution in [0.5, 0.6) is 5.75 Å². The molecular formula is C11H12N4O2. The number of rotatable bonds is 4. The van der Waals surface area contributed by atoms with E-state index in [1.807, 2.05) is 18.2 Å². The van der Waals surface area contributed by atoms with E-state index in [9.17, 15) is 4.79 Å². The van der Waals surface area contributed by atoms with Crippen molar-refractivity contribution in [1.82, 2.24) is 14.8 Å². The Kier molecular flexibility index (Phi) is 3.34. The second kappa shape index (κ2) is 5.11. The number of aromatic nitrogens is 3. The average Bonchev–Trinajstić information content (AvgIpc) is 2.74. The number of ether oxygens (including phenoxy) is 1. The molecule has 1 aromatic carbocycles. The van der Waals surface area contributed by atoms with E-state index < -0.39 is 0 Å². The molecule has 0 aliphatic rings. The molecule has 0 unspecified atom stereocenters. The molecule has 6 heteroatoms. The number of nitrogens with one attached hydrogen (secondary N) is 1. The zero-order valence-corrected chi connectivity index (χ0v) is 9.33. The molecule has 0 spiro atoms. The van der Waals surface area contributed by atoms with Gasteiger partial charge in [-0.15, -0.1) is 10.2 Å². The minimum atomic E-state index is -0.273. The number of carbonyl (C=O) groups excluding carboxylic acids is 1. The molecule has 0 saturated carbocycles. The molecule has 6 nitrogen and oxygen atoms in total. The summed E-state index contributed by atoms with van der Waals surface area (Å²) in [5.41, 5.74) is 0. The van der Waals surface area contributed by atoms with Crippen LogP contribution in [-0.4, -0.2) is 27.3 Å². The van der Waals surface area contributed by atoms with Crippen molar-refractivity contribution in [3.05, 3.63) is 36.7 Å². The molecule has 1 heterocycles. The number of aryl methyl sites for hydroxylation is 1. The Morgan fingerprint density at radius 3 is 2.82 bits per heavy atom. The molecule has 17 heavy (non-hydrogen) atoms. The van der Waals surface area contributed by atoms with Crippen molar-refractivity contribution < 1.29 is 9.53 Å². The first-order valence-corrected chi connectivity index (χ1v) is 5.07. The van der Waals surface area contributed by atoms with E-state index in [0.29, 0.717) is 11.7 Å². The highest BCUT2D eigenvalue weighted by Crippen LogP contribution is 2.08. The van der Waals surface area contributed by atoms with Crippen molar-refractivity contribution in [2.75, 3.05) is 11.9 Å². The van der Waals surface area contributed by atoms with Gasteiger partial charge in [0.15, 0.2) is 6.61 Å². The van der Waals surface area contributed by atoms with Gasteiger partial charge in [-0.2, -0.15) is 0 Å². The number of hydrogen-bond acceptors (Lipinski definition) is 4. The molecule has 0 saturated heterocycles. The summed E-state index contributed by atoms with van der Waals surface area (Å²) in [6.45, 7) is -0.0587. The largest absolute Gasteiger partial charge is 0.484 e. The van der Waals surface area contributed by atoms with Crippen molar-refractivity contribution in [3.8, 4) is 5.75 Å². The third-order valence-corrected chi connectivity index (χ3v) is 2.08. The lowest BCUT2D eigenvalue weighted by Crippen LogP contribution is -2.21. The quantitative estimate of drug-likeness (QED) is 0.847. The van der Waals surface area contributed by atoms with Crippen molar-refractivity contribution in [3.63, 3.8) is 0 Å². The van der Waals surface area contributed by atoms with E-state index in [2.05, 4.69) is 15.5 Å². The van der Waals surface area contributed by atoms with Crippen LogP contribution in [0.1, 0.15) is 0 Å². The Balaban J connectivity index is 1.85. The molecule has 0 atom stereocenters.